The molecule has 0 radical (unpaired) electrons. The van der Waals surface area contributed by atoms with Gasteiger partial charge in [-0.3, -0.25) is 4.90 Å². The molecular weight excluding hydrogens is 715 g/mol. The van der Waals surface area contributed by atoms with Gasteiger partial charge in [-0.1, -0.05) is 98.6 Å². The molecule has 4 aromatic carbocycles. The maximum Gasteiger partial charge on any atom is 0.411 e. The van der Waals surface area contributed by atoms with Crippen molar-refractivity contribution >= 4 is 23.0 Å². The molecule has 3 N–H and O–H groups in total. The van der Waals surface area contributed by atoms with Gasteiger partial charge in [-0.25, -0.2) is 28.3 Å². The minimum Gasteiger partial charge on any atom is -0.445 e. The first kappa shape index (κ1) is 38.2. The van der Waals surface area contributed by atoms with E-state index in [1.54, 1.807) is 33.2 Å². The molecule has 0 spiro atoms. The molecule has 1 saturated heterocycles. The lowest BCUT2D eigenvalue weighted by molar-refractivity contribution is -0.00248. The van der Waals surface area contributed by atoms with Crippen LogP contribution in [0.5, 0.6) is 0 Å². The Balaban J connectivity index is 1.02. The van der Waals surface area contributed by atoms with Crippen molar-refractivity contribution < 1.29 is 27.8 Å². The molecule has 0 aliphatic carbocycles. The number of hydrogen-bond donors (Lipinski definition) is 3. The number of benzene rings is 4. The molecule has 1 fully saturated rings. The number of ether oxygens (including phenoxy) is 2. The van der Waals surface area contributed by atoms with Crippen LogP contribution in [0.15, 0.2) is 103 Å². The number of alkyl halides is 2. The smallest absolute Gasteiger partial charge is 0.411 e. The number of likely N-dealkylation sites (tertiary alicyclic amines) is 1. The molecule has 3 heterocycles. The summed E-state index contributed by atoms with van der Waals surface area (Å²) in [4.78, 5) is 42.2. The van der Waals surface area contributed by atoms with E-state index in [1.165, 1.54) is 0 Å². The molecule has 2 atom stereocenters. The minimum absolute atomic E-state index is 0.194. The third-order valence-electron chi connectivity index (χ3n) is 9.77. The van der Waals surface area contributed by atoms with Gasteiger partial charge >= 0.3 is 12.2 Å². The van der Waals surface area contributed by atoms with Crippen molar-refractivity contribution in [2.45, 2.75) is 83.6 Å². The van der Waals surface area contributed by atoms with Gasteiger partial charge in [0.15, 0.2) is 0 Å². The van der Waals surface area contributed by atoms with Crippen LogP contribution in [0.25, 0.3) is 44.4 Å². The summed E-state index contributed by atoms with van der Waals surface area (Å²) < 4.78 is 39.9. The number of H-pyrrole nitrogens is 2. The number of nitrogens with one attached hydrogen (secondary N) is 3. The lowest BCUT2D eigenvalue weighted by atomic mass is 9.98. The zero-order valence-corrected chi connectivity index (χ0v) is 31.9. The van der Waals surface area contributed by atoms with Crippen LogP contribution in [0, 0.1) is 0 Å². The molecule has 0 saturated carbocycles. The number of halogens is 2. The molecule has 0 bridgehead atoms. The number of hydrogen-bond acceptors (Lipinski definition) is 6. The Bertz CT molecular complexity index is 2300. The predicted molar refractivity (Wildman–Crippen MR) is 212 cm³/mol. The van der Waals surface area contributed by atoms with Crippen LogP contribution < -0.4 is 5.32 Å². The summed E-state index contributed by atoms with van der Waals surface area (Å²) in [6.07, 6.45) is 4.23. The van der Waals surface area contributed by atoms with Gasteiger partial charge in [-0.15, -0.1) is 0 Å². The van der Waals surface area contributed by atoms with Crippen molar-refractivity contribution in [3.05, 3.63) is 121 Å². The Morgan fingerprint density at radius 3 is 2.23 bits per heavy atom. The average molecular weight is 761 g/mol. The maximum absolute atomic E-state index is 14.5. The number of unbranched alkanes of at least 4 members (excludes halogenated alkanes) is 1. The zero-order valence-electron chi connectivity index (χ0n) is 31.9. The van der Waals surface area contributed by atoms with Gasteiger partial charge in [0.05, 0.1) is 42.4 Å². The SMILES string of the molecule is CCCC[C@H](NC(=O)OCc1ccccc1)c1ncc(-c2ccc3cc(-c4ccc(-c5cnc([C@@H]6CC(F)(F)CN6C(=O)OC(C)(C)C)[nH]5)cc4)ccc3c2)[nH]1. The number of aromatic amines is 2. The third kappa shape index (κ3) is 9.07. The fourth-order valence-electron chi connectivity index (χ4n) is 6.91. The van der Waals surface area contributed by atoms with Crippen molar-refractivity contribution in [2.75, 3.05) is 6.54 Å². The fraction of sp³-hybridized carbons (Fsp3) is 0.318. The highest BCUT2D eigenvalue weighted by Gasteiger charge is 2.50. The van der Waals surface area contributed by atoms with Gasteiger partial charge in [0.1, 0.15) is 23.9 Å². The summed E-state index contributed by atoms with van der Waals surface area (Å²) >= 11 is 0. The predicted octanol–water partition coefficient (Wildman–Crippen LogP) is 10.8. The van der Waals surface area contributed by atoms with E-state index in [1.807, 2.05) is 54.6 Å². The van der Waals surface area contributed by atoms with Crippen LogP contribution in [0.3, 0.4) is 0 Å². The number of aromatic nitrogens is 4. The first-order chi connectivity index (χ1) is 26.8. The molecule has 2 aromatic heterocycles. The first-order valence-electron chi connectivity index (χ1n) is 18.9. The number of rotatable bonds is 11. The molecule has 1 aliphatic rings. The minimum atomic E-state index is -3.04. The maximum atomic E-state index is 14.5. The normalized spacial score (nSPS) is 15.8. The molecule has 10 nitrogen and oxygen atoms in total. The standard InChI is InChI=1S/C44H46F2N6O4/c1-5-6-12-35(51-41(53)55-26-28-10-8-7-9-11-28)39-47-25-37(49-39)34-20-19-32-21-31(17-18-33(32)22-34)29-13-15-30(16-14-29)36-24-48-40(50-36)38-23-44(45,46)27-52(38)42(54)56-43(2,3)4/h7-11,13-22,24-25,35,38H,5-6,12,23,26-27H2,1-4H3,(H,47,49)(H,48,50)(H,51,53)/t35-,38-/m0/s1. The van der Waals surface area contributed by atoms with Crippen LogP contribution in [0.1, 0.15) is 82.7 Å². The van der Waals surface area contributed by atoms with E-state index in [0.717, 1.165) is 68.4 Å². The van der Waals surface area contributed by atoms with Gasteiger partial charge in [0, 0.05) is 12.0 Å². The molecule has 2 amide bonds. The number of alkyl carbamates (subject to hydrolysis) is 1. The Morgan fingerprint density at radius 2 is 1.52 bits per heavy atom. The molecule has 1 aliphatic heterocycles. The number of imidazole rings is 2. The molecular formula is C44H46F2N6O4. The lowest BCUT2D eigenvalue weighted by Crippen LogP contribution is -2.38. The number of carbonyl (C=O) groups is 2. The van der Waals surface area contributed by atoms with Gasteiger partial charge in [-0.05, 0) is 72.4 Å². The molecule has 6 aromatic rings. The van der Waals surface area contributed by atoms with Crippen LogP contribution in [-0.4, -0.2) is 55.1 Å². The van der Waals surface area contributed by atoms with Crippen LogP contribution in [-0.2, 0) is 16.1 Å². The highest BCUT2D eigenvalue weighted by atomic mass is 19.3. The average Bonchev–Trinajstić information content (AvgIpc) is 3.94. The quantitative estimate of drug-likeness (QED) is 0.121. The Morgan fingerprint density at radius 1 is 0.875 bits per heavy atom. The van der Waals surface area contributed by atoms with Gasteiger partial charge < -0.3 is 24.8 Å². The summed E-state index contributed by atoms with van der Waals surface area (Å²) in [7, 11) is 0. The van der Waals surface area contributed by atoms with E-state index in [9.17, 15) is 18.4 Å². The molecule has 0 unspecified atom stereocenters. The summed E-state index contributed by atoms with van der Waals surface area (Å²) in [6, 6.07) is 28.8. The Kier molecular flexibility index (Phi) is 10.9. The number of amides is 2. The molecule has 290 valence electrons. The number of nitrogens with zero attached hydrogens (tertiary/aromatic N) is 3. The number of fused-ring (bicyclic) bond motifs is 1. The van der Waals surface area contributed by atoms with Crippen molar-refractivity contribution in [3.8, 4) is 33.6 Å². The third-order valence-corrected chi connectivity index (χ3v) is 9.77. The monoisotopic (exact) mass is 760 g/mol. The highest BCUT2D eigenvalue weighted by molar-refractivity contribution is 5.90. The van der Waals surface area contributed by atoms with Crippen LogP contribution in [0.2, 0.25) is 0 Å². The second-order valence-electron chi connectivity index (χ2n) is 15.3. The molecule has 7 rings (SSSR count). The van der Waals surface area contributed by atoms with Crippen LogP contribution >= 0.6 is 0 Å². The summed E-state index contributed by atoms with van der Waals surface area (Å²) in [5.41, 5.74) is 5.48. The van der Waals surface area contributed by atoms with Crippen molar-refractivity contribution in [1.29, 1.82) is 0 Å². The van der Waals surface area contributed by atoms with Crippen LogP contribution in [0.4, 0.5) is 18.4 Å². The Hall–Kier alpha value is -6.04. The summed E-state index contributed by atoms with van der Waals surface area (Å²) in [5.74, 6) is -2.07. The largest absolute Gasteiger partial charge is 0.445 e. The fourth-order valence-corrected chi connectivity index (χ4v) is 6.91. The second kappa shape index (κ2) is 16.0. The summed E-state index contributed by atoms with van der Waals surface area (Å²) in [6.45, 7) is 6.69. The van der Waals surface area contributed by atoms with Gasteiger partial charge in [0.25, 0.3) is 5.92 Å². The highest BCUT2D eigenvalue weighted by Crippen LogP contribution is 2.41. The van der Waals surface area contributed by atoms with E-state index in [4.69, 9.17) is 9.47 Å². The van der Waals surface area contributed by atoms with E-state index < -0.39 is 42.7 Å². The van der Waals surface area contributed by atoms with Gasteiger partial charge in [0.2, 0.25) is 0 Å². The summed E-state index contributed by atoms with van der Waals surface area (Å²) in [5, 5.41) is 5.12. The number of carbonyl (C=O) groups excluding carboxylic acids is 2. The van der Waals surface area contributed by atoms with E-state index >= 15 is 0 Å². The second-order valence-corrected chi connectivity index (χ2v) is 15.3. The zero-order chi connectivity index (χ0) is 39.5. The Labute approximate surface area is 324 Å². The van der Waals surface area contributed by atoms with E-state index in [2.05, 4.69) is 68.6 Å². The van der Waals surface area contributed by atoms with Crippen molar-refractivity contribution in [2.24, 2.45) is 0 Å². The molecule has 12 heteroatoms. The topological polar surface area (TPSA) is 125 Å². The van der Waals surface area contributed by atoms with Gasteiger partial charge in [-0.2, -0.15) is 0 Å². The van der Waals surface area contributed by atoms with Crippen molar-refractivity contribution in [3.63, 3.8) is 0 Å². The van der Waals surface area contributed by atoms with E-state index in [0.29, 0.717) is 17.3 Å². The van der Waals surface area contributed by atoms with Crippen molar-refractivity contribution in [1.82, 2.24) is 30.2 Å². The molecule has 56 heavy (non-hydrogen) atoms. The van der Waals surface area contributed by atoms with E-state index in [-0.39, 0.29) is 12.6 Å². The lowest BCUT2D eigenvalue weighted by Gasteiger charge is -2.27. The first-order valence-corrected chi connectivity index (χ1v) is 18.9.